The number of hydrogen-bond acceptors (Lipinski definition) is 4. The fourth-order valence-electron chi connectivity index (χ4n) is 1.63. The zero-order chi connectivity index (χ0) is 12.5. The predicted octanol–water partition coefficient (Wildman–Crippen LogP) is 0.798. The minimum absolute atomic E-state index is 0.0187. The van der Waals surface area contributed by atoms with Gasteiger partial charge in [0.15, 0.2) is 6.29 Å². The lowest BCUT2D eigenvalue weighted by Gasteiger charge is -2.20. The van der Waals surface area contributed by atoms with Crippen LogP contribution in [0.4, 0.5) is 0 Å². The Labute approximate surface area is 103 Å². The van der Waals surface area contributed by atoms with Crippen LogP contribution in [-0.4, -0.2) is 44.8 Å². The molecular weight excluding hydrogens is 218 g/mol. The topological polar surface area (TPSA) is 50.7 Å². The molecular formula is C13H21NO3. The van der Waals surface area contributed by atoms with Gasteiger partial charge in [-0.2, -0.15) is 0 Å². The molecule has 2 N–H and O–H groups in total. The van der Waals surface area contributed by atoms with Crippen LogP contribution in [0.15, 0.2) is 30.3 Å². The van der Waals surface area contributed by atoms with Crippen molar-refractivity contribution in [2.24, 2.45) is 0 Å². The molecule has 1 rings (SSSR count). The molecule has 0 fully saturated rings. The van der Waals surface area contributed by atoms with Gasteiger partial charge >= 0.3 is 0 Å². The van der Waals surface area contributed by atoms with Gasteiger partial charge in [0.2, 0.25) is 0 Å². The molecule has 0 unspecified atom stereocenters. The fraction of sp³-hybridized carbons (Fsp3) is 0.538. The Balaban J connectivity index is 2.38. The van der Waals surface area contributed by atoms with Crippen LogP contribution in [-0.2, 0) is 15.9 Å². The molecule has 0 aliphatic heterocycles. The summed E-state index contributed by atoms with van der Waals surface area (Å²) in [6.07, 6.45) is 0.511. The van der Waals surface area contributed by atoms with Gasteiger partial charge in [0.05, 0.1) is 6.61 Å². The SMILES string of the molecule is COC(CN[C@@H](CO)Cc1ccccc1)OC. The van der Waals surface area contributed by atoms with Gasteiger partial charge in [0, 0.05) is 26.8 Å². The van der Waals surface area contributed by atoms with Crippen LogP contribution in [0, 0.1) is 0 Å². The van der Waals surface area contributed by atoms with Crippen LogP contribution in [0.1, 0.15) is 5.56 Å². The highest BCUT2D eigenvalue weighted by Gasteiger charge is 2.11. The third-order valence-corrected chi connectivity index (χ3v) is 2.64. The number of hydrogen-bond donors (Lipinski definition) is 2. The second-order valence-corrected chi connectivity index (χ2v) is 3.88. The zero-order valence-corrected chi connectivity index (χ0v) is 10.4. The average Bonchev–Trinajstić information content (AvgIpc) is 2.39. The lowest BCUT2D eigenvalue weighted by molar-refractivity contribution is -0.100. The van der Waals surface area contributed by atoms with Crippen LogP contribution in [0.5, 0.6) is 0 Å². The van der Waals surface area contributed by atoms with Gasteiger partial charge in [0.1, 0.15) is 0 Å². The molecule has 0 saturated carbocycles. The summed E-state index contributed by atoms with van der Waals surface area (Å²) in [5, 5.41) is 12.5. The van der Waals surface area contributed by atoms with E-state index in [0.29, 0.717) is 6.54 Å². The molecule has 1 aromatic carbocycles. The number of aliphatic hydroxyl groups is 1. The highest BCUT2D eigenvalue weighted by molar-refractivity contribution is 5.15. The largest absolute Gasteiger partial charge is 0.395 e. The van der Waals surface area contributed by atoms with E-state index in [1.165, 1.54) is 5.56 Å². The van der Waals surface area contributed by atoms with Crippen molar-refractivity contribution in [1.29, 1.82) is 0 Å². The van der Waals surface area contributed by atoms with Crippen molar-refractivity contribution in [3.63, 3.8) is 0 Å². The van der Waals surface area contributed by atoms with Gasteiger partial charge in [-0.05, 0) is 12.0 Å². The Morgan fingerprint density at radius 3 is 2.35 bits per heavy atom. The maximum Gasteiger partial charge on any atom is 0.169 e. The van der Waals surface area contributed by atoms with Crippen LogP contribution in [0.2, 0.25) is 0 Å². The Morgan fingerprint density at radius 1 is 1.18 bits per heavy atom. The summed E-state index contributed by atoms with van der Waals surface area (Å²) in [6.45, 7) is 0.653. The first kappa shape index (κ1) is 14.1. The molecule has 4 nitrogen and oxygen atoms in total. The van der Waals surface area contributed by atoms with Crippen molar-refractivity contribution in [2.75, 3.05) is 27.4 Å². The minimum Gasteiger partial charge on any atom is -0.395 e. The Kier molecular flexibility index (Phi) is 6.81. The van der Waals surface area contributed by atoms with Crippen molar-refractivity contribution in [2.45, 2.75) is 18.8 Å². The van der Waals surface area contributed by atoms with Crippen LogP contribution < -0.4 is 5.32 Å². The van der Waals surface area contributed by atoms with Gasteiger partial charge in [-0.3, -0.25) is 0 Å². The Morgan fingerprint density at radius 2 is 1.82 bits per heavy atom. The lowest BCUT2D eigenvalue weighted by atomic mass is 10.1. The third-order valence-electron chi connectivity index (χ3n) is 2.64. The summed E-state index contributed by atoms with van der Waals surface area (Å²) in [4.78, 5) is 0. The third kappa shape index (κ3) is 5.28. The molecule has 0 aliphatic rings. The van der Waals surface area contributed by atoms with Crippen molar-refractivity contribution < 1.29 is 14.6 Å². The standard InChI is InChI=1S/C13H21NO3/c1-16-13(17-2)9-14-12(10-15)8-11-6-4-3-5-7-11/h3-7,12-15H,8-10H2,1-2H3/t12-/m1/s1. The molecule has 0 heterocycles. The van der Waals surface area contributed by atoms with E-state index in [9.17, 15) is 5.11 Å². The first-order chi connectivity index (χ1) is 8.30. The highest BCUT2D eigenvalue weighted by Crippen LogP contribution is 2.03. The first-order valence-corrected chi connectivity index (χ1v) is 5.74. The van der Waals surface area contributed by atoms with Gasteiger partial charge in [-0.1, -0.05) is 30.3 Å². The maximum absolute atomic E-state index is 9.30. The smallest absolute Gasteiger partial charge is 0.169 e. The predicted molar refractivity (Wildman–Crippen MR) is 66.8 cm³/mol. The molecule has 0 spiro atoms. The van der Waals surface area contributed by atoms with E-state index in [2.05, 4.69) is 17.4 Å². The molecule has 0 bridgehead atoms. The molecule has 17 heavy (non-hydrogen) atoms. The number of aliphatic hydroxyl groups excluding tert-OH is 1. The van der Waals surface area contributed by atoms with E-state index in [4.69, 9.17) is 9.47 Å². The van der Waals surface area contributed by atoms with E-state index in [1.807, 2.05) is 18.2 Å². The second-order valence-electron chi connectivity index (χ2n) is 3.88. The maximum atomic E-state index is 9.30. The molecule has 0 saturated heterocycles. The second kappa shape index (κ2) is 8.20. The quantitative estimate of drug-likeness (QED) is 0.659. The summed E-state index contributed by atoms with van der Waals surface area (Å²) in [5.74, 6) is 0. The van der Waals surface area contributed by atoms with Crippen molar-refractivity contribution in [3.8, 4) is 0 Å². The van der Waals surface area contributed by atoms with E-state index in [-0.39, 0.29) is 18.9 Å². The summed E-state index contributed by atoms with van der Waals surface area (Å²) in [5.41, 5.74) is 1.20. The highest BCUT2D eigenvalue weighted by atomic mass is 16.7. The number of methoxy groups -OCH3 is 2. The number of ether oxygens (including phenoxy) is 2. The van der Waals surface area contributed by atoms with Crippen LogP contribution in [0.25, 0.3) is 0 Å². The Bertz CT molecular complexity index is 288. The summed E-state index contributed by atoms with van der Waals surface area (Å²) in [6, 6.07) is 10.1. The minimum atomic E-state index is -0.278. The van der Waals surface area contributed by atoms with Crippen molar-refractivity contribution in [1.82, 2.24) is 5.32 Å². The van der Waals surface area contributed by atoms with Gasteiger partial charge in [-0.25, -0.2) is 0 Å². The fourth-order valence-corrected chi connectivity index (χ4v) is 1.63. The van der Waals surface area contributed by atoms with Gasteiger partial charge in [-0.15, -0.1) is 0 Å². The molecule has 1 atom stereocenters. The van der Waals surface area contributed by atoms with Crippen molar-refractivity contribution >= 4 is 0 Å². The lowest BCUT2D eigenvalue weighted by Crippen LogP contribution is -2.40. The average molecular weight is 239 g/mol. The van der Waals surface area contributed by atoms with E-state index in [1.54, 1.807) is 14.2 Å². The first-order valence-electron chi connectivity index (χ1n) is 5.74. The normalized spacial score (nSPS) is 12.9. The summed E-state index contributed by atoms with van der Waals surface area (Å²) < 4.78 is 10.2. The van der Waals surface area contributed by atoms with Crippen LogP contribution in [0.3, 0.4) is 0 Å². The summed E-state index contributed by atoms with van der Waals surface area (Å²) >= 11 is 0. The number of nitrogens with one attached hydrogen (secondary N) is 1. The van der Waals surface area contributed by atoms with Crippen molar-refractivity contribution in [3.05, 3.63) is 35.9 Å². The van der Waals surface area contributed by atoms with Gasteiger partial charge in [0.25, 0.3) is 0 Å². The number of rotatable bonds is 8. The van der Waals surface area contributed by atoms with E-state index in [0.717, 1.165) is 6.42 Å². The molecule has 1 aromatic rings. The molecule has 96 valence electrons. The molecule has 0 aromatic heterocycles. The molecule has 0 aliphatic carbocycles. The van der Waals surface area contributed by atoms with Gasteiger partial charge < -0.3 is 19.9 Å². The molecule has 4 heteroatoms. The molecule has 0 amide bonds. The van der Waals surface area contributed by atoms with E-state index < -0.39 is 0 Å². The number of benzene rings is 1. The van der Waals surface area contributed by atoms with Crippen LogP contribution >= 0.6 is 0 Å². The Hall–Kier alpha value is -0.940. The monoisotopic (exact) mass is 239 g/mol. The van der Waals surface area contributed by atoms with E-state index >= 15 is 0 Å². The zero-order valence-electron chi connectivity index (χ0n) is 10.4. The molecule has 0 radical (unpaired) electrons. The summed E-state index contributed by atoms with van der Waals surface area (Å²) in [7, 11) is 3.20.